The summed E-state index contributed by atoms with van der Waals surface area (Å²) in [5, 5.41) is 17.9. The maximum atomic E-state index is 9.03. The molecule has 0 aliphatic rings. The van der Waals surface area contributed by atoms with Gasteiger partial charge in [0.25, 0.3) is 0 Å². The third kappa shape index (κ3) is 6.35. The smallest absolute Gasteiger partial charge is 0.122 e. The van der Waals surface area contributed by atoms with E-state index in [1.54, 1.807) is 0 Å². The average Bonchev–Trinajstić information content (AvgIpc) is 2.84. The van der Waals surface area contributed by atoms with Gasteiger partial charge < -0.3 is 19.7 Å². The van der Waals surface area contributed by atoms with Crippen molar-refractivity contribution in [1.82, 2.24) is 0 Å². The number of aliphatic hydroxyl groups is 2. The fraction of sp³-hybridized carbons (Fsp3) is 0.357. The van der Waals surface area contributed by atoms with Crippen molar-refractivity contribution in [3.63, 3.8) is 0 Å². The summed E-state index contributed by atoms with van der Waals surface area (Å²) in [7, 11) is 0. The molecule has 3 rings (SSSR count). The first-order valence-electron chi connectivity index (χ1n) is 11.5. The van der Waals surface area contributed by atoms with E-state index in [-0.39, 0.29) is 13.2 Å². The second-order valence-electron chi connectivity index (χ2n) is 8.01. The quantitative estimate of drug-likeness (QED) is 0.340. The van der Waals surface area contributed by atoms with Gasteiger partial charge in [-0.15, -0.1) is 0 Å². The normalized spacial score (nSPS) is 11.9. The van der Waals surface area contributed by atoms with E-state index in [1.807, 2.05) is 12.1 Å². The van der Waals surface area contributed by atoms with E-state index in [9.17, 15) is 0 Å². The van der Waals surface area contributed by atoms with Crippen LogP contribution in [0.25, 0.3) is 22.3 Å². The Hall–Kier alpha value is -2.82. The first-order valence-corrected chi connectivity index (χ1v) is 11.5. The maximum Gasteiger partial charge on any atom is 0.122 e. The fourth-order valence-corrected chi connectivity index (χ4v) is 3.56. The van der Waals surface area contributed by atoms with Gasteiger partial charge in [0.05, 0.1) is 13.2 Å². The number of hydrogen-bond acceptors (Lipinski definition) is 4. The highest BCUT2D eigenvalue weighted by Gasteiger charge is 2.12. The Balaban J connectivity index is 1.76. The summed E-state index contributed by atoms with van der Waals surface area (Å²) in [6, 6.07) is 23.0. The van der Waals surface area contributed by atoms with E-state index in [0.717, 1.165) is 29.0 Å². The standard InChI is InChI=1S/C28H34O4/c1-3-21(2)27-20-25(12-15-28(27)32-19-5-17-30)24-8-6-22(7-9-24)23-10-13-26(14-11-23)31-18-4-16-29/h6-15,20-21,29-30H,3-5,16-19H2,1-2H3. The molecule has 0 saturated heterocycles. The summed E-state index contributed by atoms with van der Waals surface area (Å²) in [6.45, 7) is 5.74. The first-order chi connectivity index (χ1) is 15.7. The Morgan fingerprint density at radius 2 is 1.19 bits per heavy atom. The van der Waals surface area contributed by atoms with Gasteiger partial charge in [0.15, 0.2) is 0 Å². The van der Waals surface area contributed by atoms with Gasteiger partial charge in [-0.05, 0) is 64.4 Å². The summed E-state index contributed by atoms with van der Waals surface area (Å²) < 4.78 is 11.5. The molecule has 0 heterocycles. The minimum Gasteiger partial charge on any atom is -0.494 e. The summed E-state index contributed by atoms with van der Waals surface area (Å²) in [5.41, 5.74) is 5.85. The van der Waals surface area contributed by atoms with Gasteiger partial charge in [0, 0.05) is 26.1 Å². The summed E-state index contributed by atoms with van der Waals surface area (Å²) in [4.78, 5) is 0. The zero-order valence-electron chi connectivity index (χ0n) is 19.1. The molecule has 0 aliphatic heterocycles. The Morgan fingerprint density at radius 3 is 1.75 bits per heavy atom. The molecule has 170 valence electrons. The van der Waals surface area contributed by atoms with Crippen LogP contribution in [0.4, 0.5) is 0 Å². The molecule has 0 saturated carbocycles. The molecular weight excluding hydrogens is 400 g/mol. The Bertz CT molecular complexity index is 948. The number of benzene rings is 3. The molecule has 1 atom stereocenters. The summed E-state index contributed by atoms with van der Waals surface area (Å²) in [5.74, 6) is 2.13. The lowest BCUT2D eigenvalue weighted by Crippen LogP contribution is -2.04. The van der Waals surface area contributed by atoms with Crippen LogP contribution in [-0.4, -0.2) is 36.6 Å². The highest BCUT2D eigenvalue weighted by atomic mass is 16.5. The summed E-state index contributed by atoms with van der Waals surface area (Å²) in [6.07, 6.45) is 2.31. The molecule has 4 nitrogen and oxygen atoms in total. The molecule has 0 aliphatic carbocycles. The van der Waals surface area contributed by atoms with Crippen LogP contribution < -0.4 is 9.47 Å². The van der Waals surface area contributed by atoms with Gasteiger partial charge in [0.2, 0.25) is 0 Å². The van der Waals surface area contributed by atoms with E-state index in [4.69, 9.17) is 19.7 Å². The number of aliphatic hydroxyl groups excluding tert-OH is 2. The molecule has 0 spiro atoms. The topological polar surface area (TPSA) is 58.9 Å². The lowest BCUT2D eigenvalue weighted by molar-refractivity contribution is 0.232. The van der Waals surface area contributed by atoms with Gasteiger partial charge in [-0.3, -0.25) is 0 Å². The van der Waals surface area contributed by atoms with Crippen molar-refractivity contribution >= 4 is 0 Å². The molecule has 1 unspecified atom stereocenters. The minimum absolute atomic E-state index is 0.141. The molecule has 2 N–H and O–H groups in total. The lowest BCUT2D eigenvalue weighted by atomic mass is 9.93. The van der Waals surface area contributed by atoms with Crippen molar-refractivity contribution in [2.75, 3.05) is 26.4 Å². The molecule has 0 aromatic heterocycles. The predicted molar refractivity (Wildman–Crippen MR) is 130 cm³/mol. The van der Waals surface area contributed by atoms with E-state index < -0.39 is 0 Å². The zero-order valence-corrected chi connectivity index (χ0v) is 19.1. The second kappa shape index (κ2) is 12.3. The van der Waals surface area contributed by atoms with E-state index >= 15 is 0 Å². The first kappa shape index (κ1) is 23.8. The van der Waals surface area contributed by atoms with Gasteiger partial charge in [0.1, 0.15) is 11.5 Å². The van der Waals surface area contributed by atoms with Crippen LogP contribution in [0.15, 0.2) is 66.7 Å². The lowest BCUT2D eigenvalue weighted by Gasteiger charge is -2.17. The van der Waals surface area contributed by atoms with Crippen LogP contribution in [0.2, 0.25) is 0 Å². The van der Waals surface area contributed by atoms with Crippen LogP contribution in [0.1, 0.15) is 44.6 Å². The molecule has 0 fully saturated rings. The fourth-order valence-electron chi connectivity index (χ4n) is 3.56. The Labute approximate surface area is 191 Å². The zero-order chi connectivity index (χ0) is 22.8. The van der Waals surface area contributed by atoms with Crippen LogP contribution in [-0.2, 0) is 0 Å². The number of ether oxygens (including phenoxy) is 2. The van der Waals surface area contributed by atoms with Crippen LogP contribution in [0.5, 0.6) is 11.5 Å². The van der Waals surface area contributed by atoms with E-state index in [0.29, 0.717) is 32.0 Å². The van der Waals surface area contributed by atoms with Crippen molar-refractivity contribution < 1.29 is 19.7 Å². The van der Waals surface area contributed by atoms with Crippen LogP contribution in [0.3, 0.4) is 0 Å². The molecule has 0 amide bonds. The third-order valence-corrected chi connectivity index (χ3v) is 5.69. The van der Waals surface area contributed by atoms with Crippen molar-refractivity contribution in [3.8, 4) is 33.8 Å². The largest absolute Gasteiger partial charge is 0.494 e. The van der Waals surface area contributed by atoms with Crippen LogP contribution in [0, 0.1) is 0 Å². The molecule has 32 heavy (non-hydrogen) atoms. The van der Waals surface area contributed by atoms with Gasteiger partial charge >= 0.3 is 0 Å². The highest BCUT2D eigenvalue weighted by molar-refractivity contribution is 5.71. The van der Waals surface area contributed by atoms with Crippen molar-refractivity contribution in [2.24, 2.45) is 0 Å². The van der Waals surface area contributed by atoms with Crippen molar-refractivity contribution in [1.29, 1.82) is 0 Å². The van der Waals surface area contributed by atoms with Gasteiger partial charge in [-0.25, -0.2) is 0 Å². The Kier molecular flexibility index (Phi) is 9.14. The molecule has 4 heteroatoms. The molecule has 3 aromatic carbocycles. The van der Waals surface area contributed by atoms with E-state index in [2.05, 4.69) is 68.4 Å². The number of rotatable bonds is 12. The molecular formula is C28H34O4. The molecule has 3 aromatic rings. The van der Waals surface area contributed by atoms with Crippen LogP contribution >= 0.6 is 0 Å². The van der Waals surface area contributed by atoms with Crippen molar-refractivity contribution in [2.45, 2.75) is 39.0 Å². The SMILES string of the molecule is CCC(C)c1cc(-c2ccc(-c3ccc(OCCCO)cc3)cc2)ccc1OCCCO. The summed E-state index contributed by atoms with van der Waals surface area (Å²) >= 11 is 0. The van der Waals surface area contributed by atoms with Gasteiger partial charge in [-0.2, -0.15) is 0 Å². The highest BCUT2D eigenvalue weighted by Crippen LogP contribution is 2.34. The predicted octanol–water partition coefficient (Wildman–Crippen LogP) is 6.06. The second-order valence-corrected chi connectivity index (χ2v) is 8.01. The Morgan fingerprint density at radius 1 is 0.688 bits per heavy atom. The maximum absolute atomic E-state index is 9.03. The number of hydrogen-bond donors (Lipinski definition) is 2. The average molecular weight is 435 g/mol. The van der Waals surface area contributed by atoms with E-state index in [1.165, 1.54) is 16.7 Å². The monoisotopic (exact) mass is 434 g/mol. The molecule has 0 radical (unpaired) electrons. The van der Waals surface area contributed by atoms with Gasteiger partial charge in [-0.1, -0.05) is 56.3 Å². The molecule has 0 bridgehead atoms. The minimum atomic E-state index is 0.141. The third-order valence-electron chi connectivity index (χ3n) is 5.69. The van der Waals surface area contributed by atoms with Crippen molar-refractivity contribution in [3.05, 3.63) is 72.3 Å².